The molecule has 21 heavy (non-hydrogen) atoms. The van der Waals surface area contributed by atoms with E-state index < -0.39 is 0 Å². The average molecular weight is 298 g/mol. The van der Waals surface area contributed by atoms with Crippen molar-refractivity contribution in [2.45, 2.75) is 26.3 Å². The highest BCUT2D eigenvalue weighted by Gasteiger charge is 2.08. The molecule has 4 nitrogen and oxygen atoms in total. The molecule has 108 valence electrons. The standard InChI is InChI=1S/C16H18N4S/c1-3-15-8-9-16(21-15)12(2)19-13-4-6-14(7-5-13)20-11-17-10-18-20/h4-12,19H,3H2,1-2H3. The van der Waals surface area contributed by atoms with Crippen molar-refractivity contribution in [2.24, 2.45) is 0 Å². The van der Waals surface area contributed by atoms with Gasteiger partial charge in [-0.15, -0.1) is 11.3 Å². The summed E-state index contributed by atoms with van der Waals surface area (Å²) >= 11 is 1.88. The first-order valence-corrected chi connectivity index (χ1v) is 7.88. The second-order valence-electron chi connectivity index (χ2n) is 4.91. The number of thiophene rings is 1. The normalized spacial score (nSPS) is 12.3. The first-order chi connectivity index (χ1) is 10.3. The first kappa shape index (κ1) is 13.8. The second kappa shape index (κ2) is 6.10. The topological polar surface area (TPSA) is 42.7 Å². The van der Waals surface area contributed by atoms with E-state index in [9.17, 15) is 0 Å². The van der Waals surface area contributed by atoms with E-state index in [-0.39, 0.29) is 0 Å². The van der Waals surface area contributed by atoms with Gasteiger partial charge in [-0.25, -0.2) is 9.67 Å². The summed E-state index contributed by atoms with van der Waals surface area (Å²) in [6.45, 7) is 4.38. The monoisotopic (exact) mass is 298 g/mol. The molecule has 0 radical (unpaired) electrons. The molecule has 0 aliphatic heterocycles. The maximum Gasteiger partial charge on any atom is 0.138 e. The fourth-order valence-electron chi connectivity index (χ4n) is 2.19. The minimum atomic E-state index is 0.313. The van der Waals surface area contributed by atoms with Crippen LogP contribution >= 0.6 is 11.3 Å². The highest BCUT2D eigenvalue weighted by Crippen LogP contribution is 2.26. The molecule has 2 heterocycles. The molecule has 0 fully saturated rings. The Morgan fingerprint density at radius 1 is 1.19 bits per heavy atom. The molecular formula is C16H18N4S. The zero-order valence-corrected chi connectivity index (χ0v) is 13.0. The van der Waals surface area contributed by atoms with Crippen LogP contribution in [0.25, 0.3) is 5.69 Å². The third kappa shape index (κ3) is 3.13. The largest absolute Gasteiger partial charge is 0.378 e. The Bertz CT molecular complexity index is 685. The summed E-state index contributed by atoms with van der Waals surface area (Å²) in [7, 11) is 0. The fraction of sp³-hybridized carbons (Fsp3) is 0.250. The molecule has 0 aliphatic carbocycles. The molecule has 0 saturated carbocycles. The highest BCUT2D eigenvalue weighted by atomic mass is 32.1. The van der Waals surface area contributed by atoms with E-state index in [0.29, 0.717) is 6.04 Å². The van der Waals surface area contributed by atoms with Crippen LogP contribution in [-0.4, -0.2) is 14.8 Å². The van der Waals surface area contributed by atoms with Gasteiger partial charge in [-0.3, -0.25) is 0 Å². The molecule has 3 aromatic rings. The van der Waals surface area contributed by atoms with Crippen LogP contribution in [0.3, 0.4) is 0 Å². The van der Waals surface area contributed by atoms with E-state index in [1.807, 2.05) is 23.5 Å². The number of nitrogens with one attached hydrogen (secondary N) is 1. The maximum atomic E-state index is 4.12. The quantitative estimate of drug-likeness (QED) is 0.772. The van der Waals surface area contributed by atoms with Crippen LogP contribution in [0.15, 0.2) is 49.1 Å². The molecule has 0 spiro atoms. The Balaban J connectivity index is 1.70. The van der Waals surface area contributed by atoms with Crippen LogP contribution in [0, 0.1) is 0 Å². The van der Waals surface area contributed by atoms with Gasteiger partial charge in [0.15, 0.2) is 0 Å². The molecule has 0 aliphatic rings. The summed E-state index contributed by atoms with van der Waals surface area (Å²) in [4.78, 5) is 6.76. The van der Waals surface area contributed by atoms with Crippen LogP contribution in [0.1, 0.15) is 29.6 Å². The molecule has 3 rings (SSSR count). The zero-order chi connectivity index (χ0) is 14.7. The zero-order valence-electron chi connectivity index (χ0n) is 12.2. The van der Waals surface area contributed by atoms with Crippen molar-refractivity contribution < 1.29 is 0 Å². The summed E-state index contributed by atoms with van der Waals surface area (Å²) < 4.78 is 1.75. The van der Waals surface area contributed by atoms with Crippen LogP contribution < -0.4 is 5.32 Å². The third-order valence-corrected chi connectivity index (χ3v) is 4.80. The molecule has 5 heteroatoms. The van der Waals surface area contributed by atoms with Gasteiger partial charge in [0.05, 0.1) is 11.7 Å². The third-order valence-electron chi connectivity index (χ3n) is 3.39. The number of hydrogen-bond acceptors (Lipinski definition) is 4. The van der Waals surface area contributed by atoms with E-state index in [0.717, 1.165) is 17.8 Å². The Labute approximate surface area is 128 Å². The van der Waals surface area contributed by atoms with Gasteiger partial charge in [0.2, 0.25) is 0 Å². The predicted octanol–water partition coefficient (Wildman–Crippen LogP) is 4.06. The summed E-state index contributed by atoms with van der Waals surface area (Å²) in [6.07, 6.45) is 4.34. The Kier molecular flexibility index (Phi) is 4.01. The molecule has 0 bridgehead atoms. The van der Waals surface area contributed by atoms with Crippen molar-refractivity contribution in [2.75, 3.05) is 5.32 Å². The van der Waals surface area contributed by atoms with E-state index in [1.165, 1.54) is 16.1 Å². The van der Waals surface area contributed by atoms with Gasteiger partial charge in [-0.05, 0) is 49.7 Å². The van der Waals surface area contributed by atoms with E-state index in [1.54, 1.807) is 11.0 Å². The second-order valence-corrected chi connectivity index (χ2v) is 6.11. The van der Waals surface area contributed by atoms with Crippen molar-refractivity contribution in [3.05, 3.63) is 58.8 Å². The minimum Gasteiger partial charge on any atom is -0.378 e. The lowest BCUT2D eigenvalue weighted by atomic mass is 10.2. The average Bonchev–Trinajstić information content (AvgIpc) is 3.19. The van der Waals surface area contributed by atoms with Crippen molar-refractivity contribution >= 4 is 17.0 Å². The van der Waals surface area contributed by atoms with E-state index in [4.69, 9.17) is 0 Å². The molecule has 1 atom stereocenters. The van der Waals surface area contributed by atoms with Crippen molar-refractivity contribution in [1.82, 2.24) is 14.8 Å². The Morgan fingerprint density at radius 3 is 2.62 bits per heavy atom. The smallest absolute Gasteiger partial charge is 0.138 e. The van der Waals surface area contributed by atoms with Crippen molar-refractivity contribution in [3.63, 3.8) is 0 Å². The van der Waals surface area contributed by atoms with Crippen molar-refractivity contribution in [1.29, 1.82) is 0 Å². The van der Waals surface area contributed by atoms with Gasteiger partial charge < -0.3 is 5.32 Å². The number of anilines is 1. The molecule has 0 saturated heterocycles. The first-order valence-electron chi connectivity index (χ1n) is 7.06. The van der Waals surface area contributed by atoms with Gasteiger partial charge in [-0.1, -0.05) is 6.92 Å². The van der Waals surface area contributed by atoms with Crippen molar-refractivity contribution in [3.8, 4) is 5.69 Å². The highest BCUT2D eigenvalue weighted by molar-refractivity contribution is 7.12. The minimum absolute atomic E-state index is 0.313. The summed E-state index contributed by atoms with van der Waals surface area (Å²) in [5, 5.41) is 7.66. The van der Waals surface area contributed by atoms with Crippen LogP contribution in [0.5, 0.6) is 0 Å². The molecule has 2 aromatic heterocycles. The van der Waals surface area contributed by atoms with Gasteiger partial charge in [-0.2, -0.15) is 5.10 Å². The molecule has 0 amide bonds. The molecule has 1 unspecified atom stereocenters. The van der Waals surface area contributed by atoms with Gasteiger partial charge in [0.25, 0.3) is 0 Å². The van der Waals surface area contributed by atoms with Crippen LogP contribution in [0.2, 0.25) is 0 Å². The fourth-order valence-corrected chi connectivity index (χ4v) is 3.15. The molecular weight excluding hydrogens is 280 g/mol. The molecule has 1 N–H and O–H groups in total. The number of rotatable bonds is 5. The lowest BCUT2D eigenvalue weighted by molar-refractivity contribution is 0.876. The number of benzene rings is 1. The van der Waals surface area contributed by atoms with E-state index >= 15 is 0 Å². The van der Waals surface area contributed by atoms with Crippen LogP contribution in [0.4, 0.5) is 5.69 Å². The van der Waals surface area contributed by atoms with Gasteiger partial charge >= 0.3 is 0 Å². The Morgan fingerprint density at radius 2 is 2.00 bits per heavy atom. The van der Waals surface area contributed by atoms with E-state index in [2.05, 4.69) is 53.5 Å². The lowest BCUT2D eigenvalue weighted by Gasteiger charge is -2.14. The number of aromatic nitrogens is 3. The number of aryl methyl sites for hydroxylation is 1. The molecule has 1 aromatic carbocycles. The summed E-state index contributed by atoms with van der Waals surface area (Å²) in [5.41, 5.74) is 2.12. The van der Waals surface area contributed by atoms with Crippen LogP contribution in [-0.2, 0) is 6.42 Å². The Hall–Kier alpha value is -2.14. The number of hydrogen-bond donors (Lipinski definition) is 1. The summed E-state index contributed by atoms with van der Waals surface area (Å²) in [5.74, 6) is 0. The predicted molar refractivity (Wildman–Crippen MR) is 87.1 cm³/mol. The number of nitrogens with zero attached hydrogens (tertiary/aromatic N) is 3. The summed E-state index contributed by atoms with van der Waals surface area (Å²) in [6, 6.07) is 13.0. The van der Waals surface area contributed by atoms with Gasteiger partial charge in [0, 0.05) is 15.4 Å². The maximum absolute atomic E-state index is 4.12. The lowest BCUT2D eigenvalue weighted by Crippen LogP contribution is -2.05. The SMILES string of the molecule is CCc1ccc(C(C)Nc2ccc(-n3cncn3)cc2)s1. The van der Waals surface area contributed by atoms with Gasteiger partial charge in [0.1, 0.15) is 12.7 Å².